The molecule has 0 fully saturated rings. The van der Waals surface area contributed by atoms with Crippen molar-refractivity contribution in [2.24, 2.45) is 5.92 Å². The highest BCUT2D eigenvalue weighted by Gasteiger charge is 2.30. The van der Waals surface area contributed by atoms with E-state index >= 15 is 0 Å². The molecule has 206 valence electrons. The van der Waals surface area contributed by atoms with Gasteiger partial charge in [-0.3, -0.25) is 4.79 Å². The first-order valence-corrected chi connectivity index (χ1v) is 14.7. The van der Waals surface area contributed by atoms with Crippen LogP contribution in [0.1, 0.15) is 96.1 Å². The fraction of sp³-hybridized carbons (Fsp3) is 0.606. The van der Waals surface area contributed by atoms with Gasteiger partial charge in [0.2, 0.25) is 6.29 Å². The van der Waals surface area contributed by atoms with Gasteiger partial charge >= 0.3 is 5.97 Å². The Morgan fingerprint density at radius 1 is 0.811 bits per heavy atom. The predicted molar refractivity (Wildman–Crippen MR) is 154 cm³/mol. The van der Waals surface area contributed by atoms with Gasteiger partial charge in [-0.25, -0.2) is 0 Å². The highest BCUT2D eigenvalue weighted by molar-refractivity contribution is 5.72. The van der Waals surface area contributed by atoms with E-state index in [1.54, 1.807) is 0 Å². The Kier molecular flexibility index (Phi) is 14.4. The fourth-order valence-corrected chi connectivity index (χ4v) is 4.95. The van der Waals surface area contributed by atoms with Crippen molar-refractivity contribution in [2.75, 3.05) is 20.6 Å². The summed E-state index contributed by atoms with van der Waals surface area (Å²) in [5, 5.41) is 0. The van der Waals surface area contributed by atoms with E-state index in [1.165, 1.54) is 49.7 Å². The van der Waals surface area contributed by atoms with Gasteiger partial charge in [-0.15, -0.1) is 0 Å². The summed E-state index contributed by atoms with van der Waals surface area (Å²) in [7, 11) is 4.37. The monoisotopic (exact) mass is 510 g/mol. The number of carbonyl (C=O) groups excluding carboxylic acids is 1. The molecule has 2 rings (SSSR count). The van der Waals surface area contributed by atoms with Crippen molar-refractivity contribution in [3.8, 4) is 5.75 Å². The molecule has 0 aliphatic rings. The Morgan fingerprint density at radius 3 is 2.14 bits per heavy atom. The van der Waals surface area contributed by atoms with E-state index in [0.717, 1.165) is 49.0 Å². The lowest BCUT2D eigenvalue weighted by atomic mass is 10.0. The molecule has 2 atom stereocenters. The topological polar surface area (TPSA) is 35.5 Å². The SMILES string of the molecule is CCCCCCCCCc1ccccc1OC(CCC)OC(=O)C(CC)C[N+](C)(C)Cc1ccccc1. The molecule has 37 heavy (non-hydrogen) atoms. The second-order valence-electron chi connectivity index (χ2n) is 11.1. The standard InChI is InChI=1S/C33H52NO3/c1-6-9-10-11-12-13-17-23-30-24-18-19-25-31(30)36-32(20-7-2)37-33(35)29(8-3)27-34(4,5)26-28-21-15-14-16-22-28/h14-16,18-19,21-22,24-25,29,32H,6-13,17,20,23,26-27H2,1-5H3/q+1. The maximum Gasteiger partial charge on any atom is 0.317 e. The third kappa shape index (κ3) is 12.2. The number of unbranched alkanes of at least 4 members (excludes halogenated alkanes) is 6. The first kappa shape index (κ1) is 30.9. The first-order valence-electron chi connectivity index (χ1n) is 14.7. The molecule has 4 heteroatoms. The molecule has 0 bridgehead atoms. The molecule has 0 aliphatic heterocycles. The minimum Gasteiger partial charge on any atom is -0.455 e. The minimum absolute atomic E-state index is 0.148. The summed E-state index contributed by atoms with van der Waals surface area (Å²) in [6.07, 6.45) is 11.8. The lowest BCUT2D eigenvalue weighted by Crippen LogP contribution is -2.45. The summed E-state index contributed by atoms with van der Waals surface area (Å²) in [4.78, 5) is 13.3. The zero-order chi connectivity index (χ0) is 26.9. The molecule has 0 heterocycles. The molecule has 0 amide bonds. The molecular weight excluding hydrogens is 458 g/mol. The number of hydrogen-bond donors (Lipinski definition) is 0. The van der Waals surface area contributed by atoms with Crippen LogP contribution in [0.15, 0.2) is 54.6 Å². The van der Waals surface area contributed by atoms with Crippen molar-refractivity contribution in [1.29, 1.82) is 0 Å². The van der Waals surface area contributed by atoms with E-state index in [9.17, 15) is 4.79 Å². The van der Waals surface area contributed by atoms with Gasteiger partial charge in [0.15, 0.2) is 0 Å². The maximum absolute atomic E-state index is 13.3. The van der Waals surface area contributed by atoms with Gasteiger partial charge in [0, 0.05) is 12.0 Å². The number of carbonyl (C=O) groups is 1. The Hall–Kier alpha value is -2.33. The maximum atomic E-state index is 13.3. The number of hydrogen-bond acceptors (Lipinski definition) is 3. The predicted octanol–water partition coefficient (Wildman–Crippen LogP) is 8.33. The van der Waals surface area contributed by atoms with Crippen LogP contribution in [-0.4, -0.2) is 37.4 Å². The van der Waals surface area contributed by atoms with E-state index in [-0.39, 0.29) is 11.9 Å². The zero-order valence-corrected chi connectivity index (χ0v) is 24.2. The van der Waals surface area contributed by atoms with Gasteiger partial charge in [0.1, 0.15) is 18.2 Å². The van der Waals surface area contributed by atoms with E-state index < -0.39 is 6.29 Å². The van der Waals surface area contributed by atoms with E-state index in [2.05, 4.69) is 71.3 Å². The number of aryl methyl sites for hydroxylation is 1. The smallest absolute Gasteiger partial charge is 0.317 e. The van der Waals surface area contributed by atoms with Crippen molar-refractivity contribution in [2.45, 2.75) is 104 Å². The van der Waals surface area contributed by atoms with E-state index in [0.29, 0.717) is 6.42 Å². The van der Waals surface area contributed by atoms with E-state index in [1.807, 2.05) is 18.2 Å². The van der Waals surface area contributed by atoms with Crippen LogP contribution in [0.4, 0.5) is 0 Å². The minimum atomic E-state index is -0.550. The lowest BCUT2D eigenvalue weighted by molar-refractivity contribution is -0.906. The lowest BCUT2D eigenvalue weighted by Gasteiger charge is -2.33. The third-order valence-corrected chi connectivity index (χ3v) is 7.05. The molecule has 0 N–H and O–H groups in total. The van der Waals surface area contributed by atoms with Crippen LogP contribution in [0.2, 0.25) is 0 Å². The number of para-hydroxylation sites is 1. The molecule has 4 nitrogen and oxygen atoms in total. The van der Waals surface area contributed by atoms with Crippen molar-refractivity contribution < 1.29 is 18.8 Å². The van der Waals surface area contributed by atoms with Crippen LogP contribution in [0.3, 0.4) is 0 Å². The molecule has 0 radical (unpaired) electrons. The molecular formula is C33H52NO3+. The number of ether oxygens (including phenoxy) is 2. The molecule has 2 unspecified atom stereocenters. The zero-order valence-electron chi connectivity index (χ0n) is 24.2. The highest BCUT2D eigenvalue weighted by atomic mass is 16.7. The second kappa shape index (κ2) is 17.2. The highest BCUT2D eigenvalue weighted by Crippen LogP contribution is 2.25. The van der Waals surface area contributed by atoms with Gasteiger partial charge in [-0.2, -0.15) is 0 Å². The van der Waals surface area contributed by atoms with Crippen LogP contribution >= 0.6 is 0 Å². The molecule has 0 spiro atoms. The normalized spacial score (nSPS) is 13.2. The van der Waals surface area contributed by atoms with Crippen molar-refractivity contribution in [3.63, 3.8) is 0 Å². The van der Waals surface area contributed by atoms with Crippen LogP contribution in [0, 0.1) is 5.92 Å². The molecule has 2 aromatic rings. The molecule has 0 saturated carbocycles. The Bertz CT molecular complexity index is 880. The Morgan fingerprint density at radius 2 is 1.46 bits per heavy atom. The fourth-order valence-electron chi connectivity index (χ4n) is 4.95. The van der Waals surface area contributed by atoms with Crippen molar-refractivity contribution >= 4 is 5.97 Å². The summed E-state index contributed by atoms with van der Waals surface area (Å²) < 4.78 is 13.1. The van der Waals surface area contributed by atoms with Crippen LogP contribution < -0.4 is 4.74 Å². The van der Waals surface area contributed by atoms with Gasteiger partial charge in [0.25, 0.3) is 0 Å². The average Bonchev–Trinajstić information content (AvgIpc) is 2.88. The quantitative estimate of drug-likeness (QED) is 0.0824. The number of quaternary nitrogens is 1. The van der Waals surface area contributed by atoms with Gasteiger partial charge < -0.3 is 14.0 Å². The Labute approximate surface area is 227 Å². The molecule has 2 aromatic carbocycles. The average molecular weight is 511 g/mol. The van der Waals surface area contributed by atoms with Crippen molar-refractivity contribution in [1.82, 2.24) is 0 Å². The second-order valence-corrected chi connectivity index (χ2v) is 11.1. The van der Waals surface area contributed by atoms with E-state index in [4.69, 9.17) is 9.47 Å². The number of benzene rings is 2. The van der Waals surface area contributed by atoms with Gasteiger partial charge in [-0.05, 0) is 37.3 Å². The largest absolute Gasteiger partial charge is 0.455 e. The van der Waals surface area contributed by atoms with Crippen LogP contribution in [0.5, 0.6) is 5.75 Å². The van der Waals surface area contributed by atoms with Crippen LogP contribution in [0.25, 0.3) is 0 Å². The molecule has 0 saturated heterocycles. The summed E-state index contributed by atoms with van der Waals surface area (Å²) in [6, 6.07) is 18.7. The summed E-state index contributed by atoms with van der Waals surface area (Å²) >= 11 is 0. The summed E-state index contributed by atoms with van der Waals surface area (Å²) in [6.45, 7) is 8.05. The van der Waals surface area contributed by atoms with Crippen LogP contribution in [-0.2, 0) is 22.5 Å². The molecule has 0 aromatic heterocycles. The number of esters is 1. The van der Waals surface area contributed by atoms with Crippen molar-refractivity contribution in [3.05, 3.63) is 65.7 Å². The molecule has 0 aliphatic carbocycles. The summed E-state index contributed by atoms with van der Waals surface area (Å²) in [5.41, 5.74) is 2.49. The third-order valence-electron chi connectivity index (χ3n) is 7.05. The Balaban J connectivity index is 1.94. The summed E-state index contributed by atoms with van der Waals surface area (Å²) in [5.74, 6) is 0.544. The first-order chi connectivity index (χ1) is 17.9. The number of rotatable bonds is 19. The number of nitrogens with zero attached hydrogens (tertiary/aromatic N) is 1. The van der Waals surface area contributed by atoms with Gasteiger partial charge in [-0.1, -0.05) is 108 Å². The van der Waals surface area contributed by atoms with Gasteiger partial charge in [0.05, 0.1) is 20.6 Å².